The molecule has 0 aromatic rings. The van der Waals surface area contributed by atoms with Crippen LogP contribution in [0.15, 0.2) is 0 Å². The summed E-state index contributed by atoms with van der Waals surface area (Å²) in [6.07, 6.45) is -0.271. The number of hydrogen-bond acceptors (Lipinski definition) is 4. The van der Waals surface area contributed by atoms with Crippen LogP contribution in [0.3, 0.4) is 0 Å². The zero-order valence-electron chi connectivity index (χ0n) is 17.5. The minimum atomic E-state index is -1.77. The number of aliphatic hydroxyl groups excluding tert-OH is 1. The maximum Gasteiger partial charge on any atom is 0.192 e. The van der Waals surface area contributed by atoms with Gasteiger partial charge in [0.2, 0.25) is 0 Å². The Bertz CT molecular complexity index is 413. The van der Waals surface area contributed by atoms with Crippen LogP contribution in [0.25, 0.3) is 0 Å². The minimum Gasteiger partial charge on any atom is -0.416 e. The Hall–Kier alpha value is 0.664. The first-order chi connectivity index (χ1) is 10.6. The molecule has 1 fully saturated rings. The molecule has 144 valence electrons. The fourth-order valence-electron chi connectivity index (χ4n) is 2.14. The fraction of sp³-hybridized carbons (Fsp3) is 1.00. The van der Waals surface area contributed by atoms with E-state index in [1.165, 1.54) is 0 Å². The van der Waals surface area contributed by atoms with Crippen molar-refractivity contribution in [3.8, 4) is 0 Å². The second-order valence-electron chi connectivity index (χ2n) is 10.2. The molecule has 1 saturated heterocycles. The molecule has 24 heavy (non-hydrogen) atoms. The maximum atomic E-state index is 10.4. The van der Waals surface area contributed by atoms with Gasteiger partial charge in [-0.25, -0.2) is 0 Å². The highest BCUT2D eigenvalue weighted by atomic mass is 32.2. The summed E-state index contributed by atoms with van der Waals surface area (Å²) in [5.41, 5.74) is 0. The molecule has 1 rings (SSSR count). The van der Waals surface area contributed by atoms with Crippen LogP contribution < -0.4 is 0 Å². The van der Waals surface area contributed by atoms with Gasteiger partial charge in [-0.05, 0) is 36.3 Å². The van der Waals surface area contributed by atoms with Crippen LogP contribution in [0.5, 0.6) is 0 Å². The van der Waals surface area contributed by atoms with Gasteiger partial charge in [-0.15, -0.1) is 0 Å². The van der Waals surface area contributed by atoms with Crippen LogP contribution in [0, 0.1) is 5.92 Å². The minimum absolute atomic E-state index is 0.189. The first-order valence-corrected chi connectivity index (χ1v) is 16.0. The molecule has 6 heteroatoms. The van der Waals surface area contributed by atoms with Gasteiger partial charge < -0.3 is 14.0 Å². The van der Waals surface area contributed by atoms with Gasteiger partial charge in [0.15, 0.2) is 16.6 Å². The second-order valence-corrected chi connectivity index (χ2v) is 21.1. The lowest BCUT2D eigenvalue weighted by atomic mass is 10.0. The fourth-order valence-corrected chi connectivity index (χ4v) is 5.69. The topological polar surface area (TPSA) is 38.7 Å². The molecule has 0 radical (unpaired) electrons. The summed E-state index contributed by atoms with van der Waals surface area (Å²) < 4.78 is 12.8. The Morgan fingerprint density at radius 2 is 1.29 bits per heavy atom. The van der Waals surface area contributed by atoms with Crippen molar-refractivity contribution in [3.05, 3.63) is 0 Å². The van der Waals surface area contributed by atoms with Crippen LogP contribution in [0.4, 0.5) is 0 Å². The van der Waals surface area contributed by atoms with E-state index in [1.807, 2.05) is 11.8 Å². The average Bonchev–Trinajstić information content (AvgIpc) is 2.72. The van der Waals surface area contributed by atoms with Crippen LogP contribution >= 0.6 is 11.8 Å². The summed E-state index contributed by atoms with van der Waals surface area (Å²) in [6, 6.07) is 0. The molecular weight excluding hydrogens is 352 g/mol. The van der Waals surface area contributed by atoms with Crippen molar-refractivity contribution < 1.29 is 14.0 Å². The molecule has 1 N–H and O–H groups in total. The predicted molar refractivity (Wildman–Crippen MR) is 112 cm³/mol. The third kappa shape index (κ3) is 5.58. The van der Waals surface area contributed by atoms with Crippen molar-refractivity contribution in [2.45, 2.75) is 89.2 Å². The van der Waals surface area contributed by atoms with E-state index in [-0.39, 0.29) is 22.1 Å². The van der Waals surface area contributed by atoms with Gasteiger partial charge in [-0.3, -0.25) is 0 Å². The lowest BCUT2D eigenvalue weighted by molar-refractivity contribution is 0.0849. The molecule has 0 aromatic carbocycles. The summed E-state index contributed by atoms with van der Waals surface area (Å²) >= 11 is 1.85. The standard InChI is InChI=1S/C18H40O3SSi2/c1-17(2,3)23(7,8)20-11-14-15(19)13-22-16(14)12-21-24(9,10)18(4,5)6/h14-16,19H,11-13H2,1-10H3/t14-,15-,16+/m0/s1. The third-order valence-corrected chi connectivity index (χ3v) is 16.8. The van der Waals surface area contributed by atoms with E-state index >= 15 is 0 Å². The van der Waals surface area contributed by atoms with Crippen molar-refractivity contribution in [3.63, 3.8) is 0 Å². The quantitative estimate of drug-likeness (QED) is 0.637. The SMILES string of the molecule is CC(C)(C)[Si](C)(C)OC[C@H]1[C@@H](O)CS[C@@H]1CO[Si](C)(C)C(C)(C)C. The van der Waals surface area contributed by atoms with E-state index in [0.717, 1.165) is 12.4 Å². The van der Waals surface area contributed by atoms with Gasteiger partial charge in [0.05, 0.1) is 6.10 Å². The Morgan fingerprint density at radius 1 is 0.875 bits per heavy atom. The van der Waals surface area contributed by atoms with Gasteiger partial charge in [-0.2, -0.15) is 11.8 Å². The van der Waals surface area contributed by atoms with E-state index in [0.29, 0.717) is 11.9 Å². The van der Waals surface area contributed by atoms with E-state index in [1.54, 1.807) is 0 Å². The van der Waals surface area contributed by atoms with Gasteiger partial charge >= 0.3 is 0 Å². The summed E-state index contributed by atoms with van der Waals surface area (Å²) in [5.74, 6) is 0.991. The lowest BCUT2D eigenvalue weighted by Crippen LogP contribution is -2.45. The highest BCUT2D eigenvalue weighted by Gasteiger charge is 2.43. The highest BCUT2D eigenvalue weighted by Crippen LogP contribution is 2.41. The largest absolute Gasteiger partial charge is 0.416 e. The highest BCUT2D eigenvalue weighted by molar-refractivity contribution is 8.00. The second kappa shape index (κ2) is 7.73. The summed E-state index contributed by atoms with van der Waals surface area (Å²) in [4.78, 5) is 0. The first kappa shape index (κ1) is 22.7. The molecule has 1 heterocycles. The summed E-state index contributed by atoms with van der Waals surface area (Å²) in [5, 5.41) is 11.2. The van der Waals surface area contributed by atoms with Gasteiger partial charge in [-0.1, -0.05) is 41.5 Å². The smallest absolute Gasteiger partial charge is 0.192 e. The van der Waals surface area contributed by atoms with Gasteiger partial charge in [0.25, 0.3) is 0 Å². The predicted octanol–water partition coefficient (Wildman–Crippen LogP) is 5.12. The zero-order chi connectivity index (χ0) is 19.0. The van der Waals surface area contributed by atoms with Crippen molar-refractivity contribution >= 4 is 28.4 Å². The van der Waals surface area contributed by atoms with E-state index < -0.39 is 16.6 Å². The molecule has 0 unspecified atom stereocenters. The Kier molecular flexibility index (Phi) is 7.31. The first-order valence-electron chi connectivity index (χ1n) is 9.16. The molecule has 0 aliphatic carbocycles. The molecular formula is C18H40O3SSi2. The summed E-state index contributed by atoms with van der Waals surface area (Å²) in [6.45, 7) is 24.2. The number of hydrogen-bond donors (Lipinski definition) is 1. The van der Waals surface area contributed by atoms with E-state index in [9.17, 15) is 5.11 Å². The molecule has 0 amide bonds. The molecule has 0 spiro atoms. The van der Waals surface area contributed by atoms with Crippen LogP contribution in [-0.4, -0.2) is 52.1 Å². The van der Waals surface area contributed by atoms with Crippen molar-refractivity contribution in [1.29, 1.82) is 0 Å². The maximum absolute atomic E-state index is 10.4. The van der Waals surface area contributed by atoms with Gasteiger partial charge in [0.1, 0.15) is 0 Å². The zero-order valence-corrected chi connectivity index (χ0v) is 20.3. The monoisotopic (exact) mass is 392 g/mol. The average molecular weight is 393 g/mol. The Labute approximate surface area is 156 Å². The molecule has 1 aliphatic heterocycles. The lowest BCUT2D eigenvalue weighted by Gasteiger charge is -2.39. The molecule has 0 bridgehead atoms. The number of thioether (sulfide) groups is 1. The Morgan fingerprint density at radius 3 is 1.71 bits per heavy atom. The van der Waals surface area contributed by atoms with E-state index in [4.69, 9.17) is 8.85 Å². The Balaban J connectivity index is 2.66. The van der Waals surface area contributed by atoms with Crippen LogP contribution in [-0.2, 0) is 8.85 Å². The molecule has 3 nitrogen and oxygen atoms in total. The van der Waals surface area contributed by atoms with Crippen molar-refractivity contribution in [2.24, 2.45) is 5.92 Å². The number of rotatable bonds is 6. The molecule has 3 atom stereocenters. The molecule has 0 aromatic heterocycles. The van der Waals surface area contributed by atoms with Crippen molar-refractivity contribution in [2.75, 3.05) is 19.0 Å². The van der Waals surface area contributed by atoms with Crippen molar-refractivity contribution in [1.82, 2.24) is 0 Å². The number of aliphatic hydroxyl groups is 1. The normalized spacial score (nSPS) is 26.9. The van der Waals surface area contributed by atoms with Crippen LogP contribution in [0.1, 0.15) is 41.5 Å². The summed E-state index contributed by atoms with van der Waals surface area (Å²) in [7, 11) is -3.51. The third-order valence-electron chi connectivity index (χ3n) is 6.31. The molecule has 0 saturated carbocycles. The van der Waals surface area contributed by atoms with Gasteiger partial charge in [0, 0.05) is 30.1 Å². The van der Waals surface area contributed by atoms with Crippen LogP contribution in [0.2, 0.25) is 36.3 Å². The van der Waals surface area contributed by atoms with E-state index in [2.05, 4.69) is 67.7 Å². The molecule has 1 aliphatic rings.